The molecule has 1 aliphatic rings. The molecule has 1 unspecified atom stereocenters. The van der Waals surface area contributed by atoms with E-state index in [1.165, 1.54) is 4.90 Å². The molecule has 0 bridgehead atoms. The average molecular weight is 254 g/mol. The summed E-state index contributed by atoms with van der Waals surface area (Å²) in [5.74, 6) is 0. The summed E-state index contributed by atoms with van der Waals surface area (Å²) in [5.41, 5.74) is 5.38. The number of nitrogens with two attached hydrogens (primary N) is 1. The Morgan fingerprint density at radius 1 is 1.41 bits per heavy atom. The fourth-order valence-electron chi connectivity index (χ4n) is 2.08. The molecule has 1 heterocycles. The highest BCUT2D eigenvalue weighted by molar-refractivity contribution is 4.88. The van der Waals surface area contributed by atoms with Gasteiger partial charge in [0.1, 0.15) is 0 Å². The van der Waals surface area contributed by atoms with E-state index in [-0.39, 0.29) is 11.5 Å². The highest BCUT2D eigenvalue weighted by atomic mass is 19.4. The molecule has 6 heteroatoms. The second kappa shape index (κ2) is 5.54. The highest BCUT2D eigenvalue weighted by Crippen LogP contribution is 2.30. The standard InChI is InChI=1S/C11H21F3N2O/c1-9(2)16(7-11(12,13)14)6-10(5-15)3-4-17-8-10/h9H,3-8,15H2,1-2H3. The third-order valence-electron chi connectivity index (χ3n) is 3.27. The van der Waals surface area contributed by atoms with Crippen LogP contribution in [-0.2, 0) is 4.74 Å². The first kappa shape index (κ1) is 14.7. The molecule has 102 valence electrons. The summed E-state index contributed by atoms with van der Waals surface area (Å²) in [6.45, 7) is 4.43. The van der Waals surface area contributed by atoms with Gasteiger partial charge < -0.3 is 10.5 Å². The predicted molar refractivity (Wildman–Crippen MR) is 59.7 cm³/mol. The molecule has 0 aliphatic carbocycles. The van der Waals surface area contributed by atoms with Crippen LogP contribution in [0.1, 0.15) is 20.3 Å². The van der Waals surface area contributed by atoms with Crippen LogP contribution in [0.3, 0.4) is 0 Å². The van der Waals surface area contributed by atoms with E-state index in [4.69, 9.17) is 10.5 Å². The Labute approximate surface area is 100 Å². The topological polar surface area (TPSA) is 38.5 Å². The lowest BCUT2D eigenvalue weighted by molar-refractivity contribution is -0.153. The fraction of sp³-hybridized carbons (Fsp3) is 1.00. The smallest absolute Gasteiger partial charge is 0.381 e. The second-order valence-electron chi connectivity index (χ2n) is 5.12. The normalized spacial score (nSPS) is 26.1. The van der Waals surface area contributed by atoms with Gasteiger partial charge in [-0.15, -0.1) is 0 Å². The monoisotopic (exact) mass is 254 g/mol. The van der Waals surface area contributed by atoms with Gasteiger partial charge in [0.2, 0.25) is 0 Å². The highest BCUT2D eigenvalue weighted by Gasteiger charge is 2.39. The van der Waals surface area contributed by atoms with Gasteiger partial charge in [0.25, 0.3) is 0 Å². The molecule has 0 aromatic carbocycles. The van der Waals surface area contributed by atoms with E-state index in [2.05, 4.69) is 0 Å². The maximum atomic E-state index is 12.5. The van der Waals surface area contributed by atoms with Gasteiger partial charge in [-0.05, 0) is 20.3 Å². The van der Waals surface area contributed by atoms with Crippen molar-refractivity contribution in [3.63, 3.8) is 0 Å². The van der Waals surface area contributed by atoms with Gasteiger partial charge in [0.05, 0.1) is 13.2 Å². The van der Waals surface area contributed by atoms with Crippen LogP contribution in [0.15, 0.2) is 0 Å². The third-order valence-corrected chi connectivity index (χ3v) is 3.27. The molecule has 3 nitrogen and oxygen atoms in total. The van der Waals surface area contributed by atoms with Crippen molar-refractivity contribution in [2.75, 3.05) is 32.8 Å². The van der Waals surface area contributed by atoms with Crippen molar-refractivity contribution in [1.29, 1.82) is 0 Å². The van der Waals surface area contributed by atoms with E-state index in [1.54, 1.807) is 13.8 Å². The Kier molecular flexibility index (Phi) is 4.80. The first-order chi connectivity index (χ1) is 7.78. The Morgan fingerprint density at radius 3 is 2.41 bits per heavy atom. The number of rotatable bonds is 5. The minimum atomic E-state index is -4.17. The lowest BCUT2D eigenvalue weighted by Crippen LogP contribution is -2.48. The molecule has 0 aromatic heterocycles. The zero-order valence-electron chi connectivity index (χ0n) is 10.4. The van der Waals surface area contributed by atoms with Crippen molar-refractivity contribution in [2.24, 2.45) is 11.1 Å². The molecule has 0 amide bonds. The van der Waals surface area contributed by atoms with Crippen LogP contribution in [0.4, 0.5) is 13.2 Å². The van der Waals surface area contributed by atoms with Crippen molar-refractivity contribution >= 4 is 0 Å². The molecule has 1 saturated heterocycles. The number of alkyl halides is 3. The van der Waals surface area contributed by atoms with Gasteiger partial charge in [-0.1, -0.05) is 0 Å². The quantitative estimate of drug-likeness (QED) is 0.810. The molecule has 1 atom stereocenters. The molecule has 0 aromatic rings. The molecule has 17 heavy (non-hydrogen) atoms. The maximum absolute atomic E-state index is 12.5. The minimum Gasteiger partial charge on any atom is -0.381 e. The van der Waals surface area contributed by atoms with Gasteiger partial charge in [0.15, 0.2) is 0 Å². The number of hydrogen-bond acceptors (Lipinski definition) is 3. The molecular formula is C11H21F3N2O. The summed E-state index contributed by atoms with van der Waals surface area (Å²) in [4.78, 5) is 1.43. The molecule has 2 N–H and O–H groups in total. The Hall–Kier alpha value is -0.330. The summed E-state index contributed by atoms with van der Waals surface area (Å²) < 4.78 is 42.7. The number of ether oxygens (including phenoxy) is 1. The lowest BCUT2D eigenvalue weighted by atomic mass is 9.86. The maximum Gasteiger partial charge on any atom is 0.401 e. The largest absolute Gasteiger partial charge is 0.401 e. The van der Waals surface area contributed by atoms with E-state index in [9.17, 15) is 13.2 Å². The number of hydrogen-bond donors (Lipinski definition) is 1. The SMILES string of the molecule is CC(C)N(CC(F)(F)F)CC1(CN)CCOC1. The molecule has 1 aliphatic heterocycles. The van der Waals surface area contributed by atoms with E-state index in [0.29, 0.717) is 26.3 Å². The number of nitrogens with zero attached hydrogens (tertiary/aromatic N) is 1. The van der Waals surface area contributed by atoms with E-state index < -0.39 is 12.7 Å². The summed E-state index contributed by atoms with van der Waals surface area (Å²) in [7, 11) is 0. The van der Waals surface area contributed by atoms with Crippen LogP contribution in [0.5, 0.6) is 0 Å². The molecule has 0 radical (unpaired) electrons. The summed E-state index contributed by atoms with van der Waals surface area (Å²) >= 11 is 0. The Balaban J connectivity index is 2.65. The van der Waals surface area contributed by atoms with Gasteiger partial charge in [-0.3, -0.25) is 4.90 Å². The molecule has 0 spiro atoms. The van der Waals surface area contributed by atoms with Crippen LogP contribution in [0.2, 0.25) is 0 Å². The van der Waals surface area contributed by atoms with Crippen LogP contribution in [0.25, 0.3) is 0 Å². The van der Waals surface area contributed by atoms with Crippen molar-refractivity contribution in [1.82, 2.24) is 4.90 Å². The molecule has 1 fully saturated rings. The summed E-state index contributed by atoms with van der Waals surface area (Å²) in [6, 6.07) is -0.152. The first-order valence-electron chi connectivity index (χ1n) is 5.87. The van der Waals surface area contributed by atoms with E-state index >= 15 is 0 Å². The van der Waals surface area contributed by atoms with Crippen LogP contribution >= 0.6 is 0 Å². The van der Waals surface area contributed by atoms with Gasteiger partial charge in [0, 0.05) is 31.2 Å². The van der Waals surface area contributed by atoms with Crippen molar-refractivity contribution < 1.29 is 17.9 Å². The van der Waals surface area contributed by atoms with Crippen molar-refractivity contribution in [3.05, 3.63) is 0 Å². The van der Waals surface area contributed by atoms with Gasteiger partial charge in [-0.2, -0.15) is 13.2 Å². The third kappa shape index (κ3) is 4.44. The lowest BCUT2D eigenvalue weighted by Gasteiger charge is -2.36. The van der Waals surface area contributed by atoms with E-state index in [0.717, 1.165) is 6.42 Å². The zero-order valence-corrected chi connectivity index (χ0v) is 10.4. The number of halogens is 3. The van der Waals surface area contributed by atoms with Crippen molar-refractivity contribution in [3.8, 4) is 0 Å². The Morgan fingerprint density at radius 2 is 2.06 bits per heavy atom. The van der Waals surface area contributed by atoms with Gasteiger partial charge >= 0.3 is 6.18 Å². The Bertz CT molecular complexity index is 237. The van der Waals surface area contributed by atoms with Gasteiger partial charge in [-0.25, -0.2) is 0 Å². The molecular weight excluding hydrogens is 233 g/mol. The molecule has 0 saturated carbocycles. The first-order valence-corrected chi connectivity index (χ1v) is 5.87. The van der Waals surface area contributed by atoms with Crippen LogP contribution < -0.4 is 5.73 Å². The zero-order chi connectivity index (χ0) is 13.1. The predicted octanol–water partition coefficient (Wildman–Crippen LogP) is 1.62. The molecule has 1 rings (SSSR count). The minimum absolute atomic E-state index is 0.152. The second-order valence-corrected chi connectivity index (χ2v) is 5.12. The summed E-state index contributed by atoms with van der Waals surface area (Å²) in [5, 5.41) is 0. The van der Waals surface area contributed by atoms with E-state index in [1.807, 2.05) is 0 Å². The average Bonchev–Trinajstić information content (AvgIpc) is 2.64. The van der Waals surface area contributed by atoms with Crippen LogP contribution in [0, 0.1) is 5.41 Å². The summed E-state index contributed by atoms with van der Waals surface area (Å²) in [6.07, 6.45) is -3.43. The fourth-order valence-corrected chi connectivity index (χ4v) is 2.08. The van der Waals surface area contributed by atoms with Crippen molar-refractivity contribution in [2.45, 2.75) is 32.5 Å². The van der Waals surface area contributed by atoms with Crippen LogP contribution in [-0.4, -0.2) is 50.0 Å².